The van der Waals surface area contributed by atoms with Crippen molar-refractivity contribution in [3.8, 4) is 39.6 Å². The summed E-state index contributed by atoms with van der Waals surface area (Å²) in [6.45, 7) is 24.9. The molecule has 11 rings (SSSR count). The van der Waals surface area contributed by atoms with Crippen LogP contribution in [-0.2, 0) is 31.9 Å². The summed E-state index contributed by atoms with van der Waals surface area (Å²) in [5.41, 5.74) is 15.8. The molecule has 4 heterocycles. The molecule has 0 fully saturated rings. The number of hydrogen-bond acceptors (Lipinski definition) is 4. The SMILES string of the molecule is CC(C)Cc1cc(-c2[c-]ccc3ccccc23)ncc1[Si](C)(C)C.Cc1cccc(C)c1-c1ccc2c(n1)oc1c(-c3nc4ccc5ccccc5c4n3-c3ccc(C(C)(C)C)cc3)[c-]cc(C)c12.[Ir]. The van der Waals surface area contributed by atoms with Crippen LogP contribution in [0.25, 0.3) is 94.2 Å². The van der Waals surface area contributed by atoms with Crippen LogP contribution in [0.4, 0.5) is 0 Å². The summed E-state index contributed by atoms with van der Waals surface area (Å²) < 4.78 is 8.97. The van der Waals surface area contributed by atoms with Crippen LogP contribution in [0.2, 0.25) is 19.6 Å². The maximum Gasteiger partial charge on any atom is 0.216 e. The number of aryl methyl sites for hydroxylation is 3. The van der Waals surface area contributed by atoms with Crippen LogP contribution in [0.5, 0.6) is 0 Å². The van der Waals surface area contributed by atoms with Gasteiger partial charge in [0.25, 0.3) is 0 Å². The average molecular weight is 1110 g/mol. The number of aromatic nitrogens is 4. The molecule has 0 amide bonds. The number of benzene rings is 7. The zero-order valence-corrected chi connectivity index (χ0v) is 45.6. The van der Waals surface area contributed by atoms with E-state index in [9.17, 15) is 0 Å². The quantitative estimate of drug-likeness (QED) is 0.118. The molecule has 0 spiro atoms. The Bertz CT molecular complexity index is 3710. The summed E-state index contributed by atoms with van der Waals surface area (Å²) in [6.07, 6.45) is 3.24. The molecule has 0 aliphatic carbocycles. The number of imidazole rings is 1. The van der Waals surface area contributed by atoms with Gasteiger partial charge in [-0.2, -0.15) is 0 Å². The number of hydrogen-bond donors (Lipinski definition) is 0. The molecule has 0 unspecified atom stereocenters. The van der Waals surface area contributed by atoms with Crippen LogP contribution in [0, 0.1) is 38.8 Å². The van der Waals surface area contributed by atoms with Crippen molar-refractivity contribution in [2.45, 2.75) is 86.9 Å². The maximum atomic E-state index is 6.70. The summed E-state index contributed by atoms with van der Waals surface area (Å²) in [4.78, 5) is 15.2. The van der Waals surface area contributed by atoms with Gasteiger partial charge in [0.2, 0.25) is 5.71 Å². The first-order chi connectivity index (χ1) is 33.0. The molecule has 0 saturated carbocycles. The van der Waals surface area contributed by atoms with Gasteiger partial charge in [-0.1, -0.05) is 174 Å². The topological polar surface area (TPSA) is 56.7 Å². The first-order valence-electron chi connectivity index (χ1n) is 24.3. The molecule has 11 aromatic rings. The minimum Gasteiger partial charge on any atom is -0.486 e. The molecule has 0 atom stereocenters. The normalized spacial score (nSPS) is 12.0. The van der Waals surface area contributed by atoms with Gasteiger partial charge in [-0.3, -0.25) is 4.98 Å². The van der Waals surface area contributed by atoms with Gasteiger partial charge in [0.1, 0.15) is 0 Å². The van der Waals surface area contributed by atoms with Gasteiger partial charge in [0.05, 0.1) is 36.2 Å². The van der Waals surface area contributed by atoms with E-state index in [0.29, 0.717) is 11.6 Å². The number of rotatable bonds is 7. The molecule has 1 radical (unpaired) electrons. The largest absolute Gasteiger partial charge is 0.486 e. The minimum atomic E-state index is -1.39. The minimum absolute atomic E-state index is 0. The monoisotopic (exact) mass is 1110 g/mol. The second-order valence-electron chi connectivity index (χ2n) is 21.2. The summed E-state index contributed by atoms with van der Waals surface area (Å²) in [5.74, 6) is 1.44. The molecule has 5 nitrogen and oxygen atoms in total. The first-order valence-corrected chi connectivity index (χ1v) is 27.8. The van der Waals surface area contributed by atoms with Crippen LogP contribution >= 0.6 is 0 Å². The fourth-order valence-corrected chi connectivity index (χ4v) is 11.6. The molecule has 353 valence electrons. The van der Waals surface area contributed by atoms with Crippen molar-refractivity contribution in [3.63, 3.8) is 0 Å². The molecular weight excluding hydrogens is 1050 g/mol. The van der Waals surface area contributed by atoms with Gasteiger partial charge in [0, 0.05) is 48.3 Å². The zero-order valence-electron chi connectivity index (χ0n) is 42.2. The van der Waals surface area contributed by atoms with Gasteiger partial charge < -0.3 is 14.0 Å². The Morgan fingerprint density at radius 3 is 2.04 bits per heavy atom. The zero-order chi connectivity index (χ0) is 48.4. The first kappa shape index (κ1) is 48.5. The van der Waals surface area contributed by atoms with Gasteiger partial charge in [0.15, 0.2) is 0 Å². The van der Waals surface area contributed by atoms with Crippen LogP contribution in [0.3, 0.4) is 0 Å². The van der Waals surface area contributed by atoms with Crippen molar-refractivity contribution >= 4 is 67.9 Å². The van der Waals surface area contributed by atoms with E-state index >= 15 is 0 Å². The molecule has 0 aliphatic heterocycles. The summed E-state index contributed by atoms with van der Waals surface area (Å²) >= 11 is 0. The van der Waals surface area contributed by atoms with Crippen LogP contribution < -0.4 is 5.19 Å². The third-order valence-corrected chi connectivity index (χ3v) is 15.6. The second-order valence-corrected chi connectivity index (χ2v) is 26.2. The van der Waals surface area contributed by atoms with E-state index in [1.807, 2.05) is 6.07 Å². The maximum absolute atomic E-state index is 6.70. The van der Waals surface area contributed by atoms with E-state index in [2.05, 4.69) is 231 Å². The van der Waals surface area contributed by atoms with Crippen LogP contribution in [0.1, 0.15) is 62.4 Å². The van der Waals surface area contributed by atoms with Gasteiger partial charge >= 0.3 is 0 Å². The van der Waals surface area contributed by atoms with Crippen molar-refractivity contribution in [3.05, 3.63) is 186 Å². The summed E-state index contributed by atoms with van der Waals surface area (Å²) in [5, 5.41) is 8.33. The fourth-order valence-electron chi connectivity index (χ4n) is 10.0. The molecule has 0 aliphatic rings. The third-order valence-electron chi connectivity index (χ3n) is 13.5. The molecule has 4 aromatic heterocycles. The molecule has 7 heteroatoms. The number of pyridine rings is 2. The Hall–Kier alpha value is -6.50. The Morgan fingerprint density at radius 1 is 0.671 bits per heavy atom. The van der Waals surface area contributed by atoms with E-state index in [0.717, 1.165) is 84.3 Å². The van der Waals surface area contributed by atoms with E-state index in [1.54, 1.807) is 0 Å². The molecule has 7 aromatic carbocycles. The molecule has 70 heavy (non-hydrogen) atoms. The molecule has 0 saturated heterocycles. The fraction of sp³-hybridized carbons (Fsp3) is 0.222. The predicted molar refractivity (Wildman–Crippen MR) is 294 cm³/mol. The van der Waals surface area contributed by atoms with E-state index in [1.165, 1.54) is 43.6 Å². The van der Waals surface area contributed by atoms with E-state index < -0.39 is 8.07 Å². The Labute approximate surface area is 427 Å². The Morgan fingerprint density at radius 2 is 1.36 bits per heavy atom. The van der Waals surface area contributed by atoms with Crippen molar-refractivity contribution in [2.24, 2.45) is 5.92 Å². The van der Waals surface area contributed by atoms with Gasteiger partial charge in [-0.25, -0.2) is 4.98 Å². The number of fused-ring (bicyclic) bond motifs is 7. The van der Waals surface area contributed by atoms with Gasteiger partial charge in [-0.05, 0) is 94.9 Å². The average Bonchev–Trinajstić information content (AvgIpc) is 3.91. The third kappa shape index (κ3) is 9.07. The van der Waals surface area contributed by atoms with E-state index in [4.69, 9.17) is 19.4 Å². The van der Waals surface area contributed by atoms with E-state index in [-0.39, 0.29) is 25.5 Å². The van der Waals surface area contributed by atoms with Crippen molar-refractivity contribution < 1.29 is 24.5 Å². The Balaban J connectivity index is 0.000000206. The number of nitrogens with zero attached hydrogens (tertiary/aromatic N) is 4. The van der Waals surface area contributed by atoms with Crippen molar-refractivity contribution in [1.82, 2.24) is 19.5 Å². The summed E-state index contributed by atoms with van der Waals surface area (Å²) in [6, 6.07) is 56.2. The van der Waals surface area contributed by atoms with Gasteiger partial charge in [-0.15, -0.1) is 46.8 Å². The predicted octanol–water partition coefficient (Wildman–Crippen LogP) is 16.3. The molecular formula is C63H60IrN4OSi-2. The van der Waals surface area contributed by atoms with Crippen molar-refractivity contribution in [1.29, 1.82) is 0 Å². The Kier molecular flexibility index (Phi) is 13.2. The standard InChI is InChI=1S/C41H34N3O.C22H26NSi.Ir/c1-24-10-9-11-25(2)35(24)33-23-21-31-36-26(3)14-20-32(38(36)45-40(31)43-33)39-42-34-22-15-27-12-7-8-13-30(27)37(34)44(39)29-18-16-28(17-19-29)41(4,5)6;1-16(2)13-18-14-21(23-15-22(18)24(3,4)5)20-12-8-10-17-9-6-7-11-19(17)20;/h7-19,21-23H,1-6H3;6-11,14-16H,13H2,1-5H3;/q2*-1;. The smallest absolute Gasteiger partial charge is 0.216 e. The van der Waals surface area contributed by atoms with Crippen LogP contribution in [-0.4, -0.2) is 27.6 Å². The van der Waals surface area contributed by atoms with Crippen LogP contribution in [0.15, 0.2) is 150 Å². The second kappa shape index (κ2) is 19.0. The summed E-state index contributed by atoms with van der Waals surface area (Å²) in [7, 11) is -1.39. The molecule has 0 N–H and O–H groups in total. The van der Waals surface area contributed by atoms with Crippen molar-refractivity contribution in [2.75, 3.05) is 0 Å². The number of furan rings is 1. The molecule has 0 bridgehead atoms.